The zero-order chi connectivity index (χ0) is 26.1. The second-order valence-electron chi connectivity index (χ2n) is 13.9. The molecular weight excluding hydrogens is 436 g/mol. The lowest BCUT2D eigenvalue weighted by Crippen LogP contribution is -2.55. The van der Waals surface area contributed by atoms with Gasteiger partial charge in [0, 0.05) is 12.0 Å². The Bertz CT molecular complexity index is 959. The van der Waals surface area contributed by atoms with Crippen molar-refractivity contribution in [3.63, 3.8) is 0 Å². The van der Waals surface area contributed by atoms with Crippen molar-refractivity contribution in [3.8, 4) is 0 Å². The van der Waals surface area contributed by atoms with E-state index in [-0.39, 0.29) is 45.0 Å². The average Bonchev–Trinajstić information content (AvgIpc) is 3.07. The fourth-order valence-corrected chi connectivity index (χ4v) is 9.59. The van der Waals surface area contributed by atoms with Gasteiger partial charge in [0.15, 0.2) is 5.78 Å². The molecule has 2 fully saturated rings. The Kier molecular flexibility index (Phi) is 6.52. The van der Waals surface area contributed by atoms with Gasteiger partial charge in [0.1, 0.15) is 0 Å². The van der Waals surface area contributed by atoms with Gasteiger partial charge in [-0.1, -0.05) is 59.3 Å². The van der Waals surface area contributed by atoms with Gasteiger partial charge in [0.25, 0.3) is 0 Å². The maximum Gasteiger partial charge on any atom is 0.310 e. The van der Waals surface area contributed by atoms with E-state index in [2.05, 4.69) is 48.1 Å². The van der Waals surface area contributed by atoms with Crippen LogP contribution in [0.2, 0.25) is 0 Å². The predicted molar refractivity (Wildman–Crippen MR) is 140 cm³/mol. The minimum absolute atomic E-state index is 0.0459. The summed E-state index contributed by atoms with van der Waals surface area (Å²) < 4.78 is 0. The molecule has 4 aliphatic rings. The lowest BCUT2D eigenvalue weighted by Gasteiger charge is -2.62. The van der Waals surface area contributed by atoms with Crippen molar-refractivity contribution in [1.29, 1.82) is 0 Å². The van der Waals surface area contributed by atoms with Gasteiger partial charge in [0.05, 0.1) is 12.0 Å². The lowest BCUT2D eigenvalue weighted by molar-refractivity contribution is -0.140. The number of fused-ring (bicyclic) bond motifs is 4. The summed E-state index contributed by atoms with van der Waals surface area (Å²) in [7, 11) is 0. The highest BCUT2D eigenvalue weighted by Gasteiger charge is 2.63. The van der Waals surface area contributed by atoms with Crippen molar-refractivity contribution in [2.45, 2.75) is 112 Å². The Morgan fingerprint density at radius 2 is 1.63 bits per heavy atom. The first-order chi connectivity index (χ1) is 16.1. The molecule has 0 amide bonds. The van der Waals surface area contributed by atoms with Crippen LogP contribution in [-0.4, -0.2) is 28.1 Å². The number of carboxylic acids is 1. The standard InChI is InChI=1S/C31H48O4/c1-18(17-24(32)19(2)20(3)27(34)35)21-11-15-31(8)23-9-10-25-28(4,5)26(33)13-14-29(25,6)22(23)12-16-30(21,31)7/h18,20-21,25-26,33H,2,9-17H2,1,3-8H3,(H,34,35)/t18-,20-,21-,25+,26-,29-,30-,31+/m1/s1. The zero-order valence-electron chi connectivity index (χ0n) is 23.2. The van der Waals surface area contributed by atoms with E-state index in [1.54, 1.807) is 18.1 Å². The van der Waals surface area contributed by atoms with Gasteiger partial charge < -0.3 is 10.2 Å². The molecule has 0 saturated heterocycles. The number of rotatable bonds is 6. The van der Waals surface area contributed by atoms with Gasteiger partial charge in [-0.05, 0) is 97.7 Å². The molecule has 4 nitrogen and oxygen atoms in total. The third kappa shape index (κ3) is 3.71. The fourth-order valence-electron chi connectivity index (χ4n) is 9.59. The van der Waals surface area contributed by atoms with Gasteiger partial charge in [0.2, 0.25) is 0 Å². The van der Waals surface area contributed by atoms with Crippen LogP contribution in [0.5, 0.6) is 0 Å². The van der Waals surface area contributed by atoms with Gasteiger partial charge >= 0.3 is 5.97 Å². The van der Waals surface area contributed by atoms with E-state index in [4.69, 9.17) is 0 Å². The summed E-state index contributed by atoms with van der Waals surface area (Å²) >= 11 is 0. The van der Waals surface area contributed by atoms with Crippen LogP contribution >= 0.6 is 0 Å². The van der Waals surface area contributed by atoms with Crippen molar-refractivity contribution >= 4 is 11.8 Å². The number of carbonyl (C=O) groups excluding carboxylic acids is 1. The van der Waals surface area contributed by atoms with Crippen molar-refractivity contribution in [2.75, 3.05) is 0 Å². The highest BCUT2D eigenvalue weighted by atomic mass is 16.4. The number of carbonyl (C=O) groups is 2. The van der Waals surface area contributed by atoms with E-state index >= 15 is 0 Å². The Labute approximate surface area is 212 Å². The molecule has 2 saturated carbocycles. The third-order valence-electron chi connectivity index (χ3n) is 12.2. The first-order valence-corrected chi connectivity index (χ1v) is 14.0. The van der Waals surface area contributed by atoms with Crippen LogP contribution in [0.1, 0.15) is 106 Å². The monoisotopic (exact) mass is 484 g/mol. The molecule has 4 rings (SSSR count). The van der Waals surface area contributed by atoms with Gasteiger partial charge in [-0.25, -0.2) is 0 Å². The number of aliphatic carboxylic acids is 1. The van der Waals surface area contributed by atoms with Crippen molar-refractivity contribution in [1.82, 2.24) is 0 Å². The van der Waals surface area contributed by atoms with Crippen LogP contribution in [0.25, 0.3) is 0 Å². The summed E-state index contributed by atoms with van der Waals surface area (Å²) in [4.78, 5) is 24.3. The number of carboxylic acid groups (broad SMARTS) is 1. The van der Waals surface area contributed by atoms with Gasteiger partial charge in [-0.2, -0.15) is 0 Å². The molecule has 0 aliphatic heterocycles. The molecule has 0 spiro atoms. The third-order valence-corrected chi connectivity index (χ3v) is 12.2. The molecule has 0 heterocycles. The van der Waals surface area contributed by atoms with E-state index in [1.165, 1.54) is 6.42 Å². The zero-order valence-corrected chi connectivity index (χ0v) is 23.2. The molecule has 0 aromatic carbocycles. The fraction of sp³-hybridized carbons (Fsp3) is 0.806. The average molecular weight is 485 g/mol. The molecule has 196 valence electrons. The van der Waals surface area contributed by atoms with E-state index in [9.17, 15) is 19.8 Å². The van der Waals surface area contributed by atoms with Gasteiger partial charge in [-0.3, -0.25) is 9.59 Å². The molecule has 4 heteroatoms. The molecule has 0 aromatic heterocycles. The minimum atomic E-state index is -0.981. The number of aliphatic hydroxyl groups is 1. The quantitative estimate of drug-likeness (QED) is 0.315. The summed E-state index contributed by atoms with van der Waals surface area (Å²) in [5.41, 5.74) is 4.10. The number of Topliss-reactive ketones (excluding diaryl/α,β-unsaturated/α-hetero) is 1. The smallest absolute Gasteiger partial charge is 0.310 e. The highest BCUT2D eigenvalue weighted by Crippen LogP contribution is 2.72. The summed E-state index contributed by atoms with van der Waals surface area (Å²) in [6, 6.07) is 0. The Morgan fingerprint density at radius 3 is 2.26 bits per heavy atom. The highest BCUT2D eigenvalue weighted by molar-refractivity contribution is 5.99. The predicted octanol–water partition coefficient (Wildman–Crippen LogP) is 6.97. The summed E-state index contributed by atoms with van der Waals surface area (Å²) in [6.45, 7) is 19.6. The van der Waals surface area contributed by atoms with E-state index < -0.39 is 11.9 Å². The molecule has 2 N–H and O–H groups in total. The van der Waals surface area contributed by atoms with Crippen LogP contribution < -0.4 is 0 Å². The van der Waals surface area contributed by atoms with Crippen LogP contribution in [-0.2, 0) is 9.59 Å². The summed E-state index contributed by atoms with van der Waals surface area (Å²) in [5, 5.41) is 20.1. The maximum absolute atomic E-state index is 12.9. The Morgan fingerprint density at radius 1 is 0.971 bits per heavy atom. The summed E-state index contributed by atoms with van der Waals surface area (Å²) in [6.07, 6.45) is 9.07. The molecule has 4 aliphatic carbocycles. The van der Waals surface area contributed by atoms with Crippen molar-refractivity contribution < 1.29 is 19.8 Å². The lowest BCUT2D eigenvalue weighted by atomic mass is 9.43. The maximum atomic E-state index is 12.9. The molecule has 35 heavy (non-hydrogen) atoms. The normalized spacial score (nSPS) is 41.9. The number of allylic oxidation sites excluding steroid dienone is 2. The first-order valence-electron chi connectivity index (χ1n) is 14.0. The van der Waals surface area contributed by atoms with Crippen LogP contribution in [0, 0.1) is 45.3 Å². The molecular formula is C31H48O4. The molecule has 0 radical (unpaired) electrons. The number of hydrogen-bond acceptors (Lipinski definition) is 3. The largest absolute Gasteiger partial charge is 0.481 e. The Hall–Kier alpha value is -1.42. The van der Waals surface area contributed by atoms with Crippen molar-refractivity contribution in [2.24, 2.45) is 45.3 Å². The topological polar surface area (TPSA) is 74.6 Å². The molecule has 8 atom stereocenters. The molecule has 0 unspecified atom stereocenters. The molecule has 0 aromatic rings. The van der Waals surface area contributed by atoms with Crippen LogP contribution in [0.4, 0.5) is 0 Å². The molecule has 0 bridgehead atoms. The summed E-state index contributed by atoms with van der Waals surface area (Å²) in [5.74, 6) is -0.697. The SMILES string of the molecule is C=C(C(=O)C[C@@H](C)[C@H]1CC[C@@]2(C)C3=C(CC[C@]12C)[C@@]1(C)CC[C@@H](O)C(C)(C)[C@@H]1CC3)[C@@H](C)C(=O)O. The minimum Gasteiger partial charge on any atom is -0.481 e. The first kappa shape index (κ1) is 26.6. The van der Waals surface area contributed by atoms with Crippen LogP contribution in [0.15, 0.2) is 23.3 Å². The van der Waals surface area contributed by atoms with E-state index in [0.29, 0.717) is 18.3 Å². The number of hydrogen-bond donors (Lipinski definition) is 2. The van der Waals surface area contributed by atoms with Gasteiger partial charge in [-0.15, -0.1) is 0 Å². The van der Waals surface area contributed by atoms with E-state index in [0.717, 1.165) is 44.9 Å². The number of ketones is 1. The van der Waals surface area contributed by atoms with Crippen molar-refractivity contribution in [3.05, 3.63) is 23.3 Å². The second-order valence-corrected chi connectivity index (χ2v) is 13.9. The van der Waals surface area contributed by atoms with Crippen LogP contribution in [0.3, 0.4) is 0 Å². The second kappa shape index (κ2) is 8.57. The Balaban J connectivity index is 1.61. The number of aliphatic hydroxyl groups excluding tert-OH is 1. The van der Waals surface area contributed by atoms with E-state index in [1.807, 2.05) is 0 Å².